The van der Waals surface area contributed by atoms with Gasteiger partial charge in [-0.2, -0.15) is 0 Å². The topological polar surface area (TPSA) is 57.9 Å². The highest BCUT2D eigenvalue weighted by Crippen LogP contribution is 2.13. The van der Waals surface area contributed by atoms with Gasteiger partial charge in [0, 0.05) is 51.7 Å². The van der Waals surface area contributed by atoms with Gasteiger partial charge in [-0.1, -0.05) is 24.3 Å². The van der Waals surface area contributed by atoms with E-state index >= 15 is 0 Å². The summed E-state index contributed by atoms with van der Waals surface area (Å²) in [4.78, 5) is 9.68. The fourth-order valence-corrected chi connectivity index (χ4v) is 4.76. The fraction of sp³-hybridized carbons (Fsp3) is 0.350. The second-order valence-corrected chi connectivity index (χ2v) is 9.06. The maximum absolute atomic E-state index is 12.4. The third-order valence-electron chi connectivity index (χ3n) is 5.04. The summed E-state index contributed by atoms with van der Waals surface area (Å²) < 4.78 is 26.9. The molecular formula is C20H24N4O2S. The molecule has 1 aromatic carbocycles. The van der Waals surface area contributed by atoms with E-state index in [4.69, 9.17) is 0 Å². The predicted octanol–water partition coefficient (Wildman–Crippen LogP) is 1.93. The summed E-state index contributed by atoms with van der Waals surface area (Å²) in [6.07, 6.45) is 4.09. The molecule has 27 heavy (non-hydrogen) atoms. The van der Waals surface area contributed by atoms with Crippen molar-refractivity contribution in [1.82, 2.24) is 19.2 Å². The van der Waals surface area contributed by atoms with Crippen LogP contribution in [-0.4, -0.2) is 66.1 Å². The Morgan fingerprint density at radius 3 is 2.33 bits per heavy atom. The summed E-state index contributed by atoms with van der Waals surface area (Å²) in [7, 11) is -3.20. The molecule has 1 fully saturated rings. The van der Waals surface area contributed by atoms with Crippen molar-refractivity contribution < 1.29 is 8.42 Å². The molecule has 1 saturated heterocycles. The van der Waals surface area contributed by atoms with E-state index in [1.165, 1.54) is 0 Å². The Morgan fingerprint density at radius 1 is 0.889 bits per heavy atom. The molecule has 1 aliphatic heterocycles. The van der Waals surface area contributed by atoms with Crippen LogP contribution in [0, 0.1) is 0 Å². The molecule has 6 nitrogen and oxygen atoms in total. The normalized spacial score (nSPS) is 16.7. The predicted molar refractivity (Wildman–Crippen MR) is 105 cm³/mol. The van der Waals surface area contributed by atoms with Gasteiger partial charge in [-0.3, -0.25) is 9.80 Å². The van der Waals surface area contributed by atoms with Gasteiger partial charge in [0.15, 0.2) is 9.84 Å². The van der Waals surface area contributed by atoms with Crippen LogP contribution in [0.1, 0.15) is 5.69 Å². The number of rotatable bonds is 6. The van der Waals surface area contributed by atoms with E-state index in [9.17, 15) is 8.42 Å². The molecule has 4 rings (SSSR count). The zero-order chi connectivity index (χ0) is 18.7. The first-order valence-electron chi connectivity index (χ1n) is 9.25. The Morgan fingerprint density at radius 2 is 1.59 bits per heavy atom. The van der Waals surface area contributed by atoms with Crippen LogP contribution in [0.15, 0.2) is 65.8 Å². The summed E-state index contributed by atoms with van der Waals surface area (Å²) in [6.45, 7) is 5.05. The van der Waals surface area contributed by atoms with Gasteiger partial charge < -0.3 is 4.40 Å². The lowest BCUT2D eigenvalue weighted by Gasteiger charge is -2.34. The number of pyridine rings is 1. The van der Waals surface area contributed by atoms with Crippen LogP contribution in [0.2, 0.25) is 0 Å². The maximum Gasteiger partial charge on any atom is 0.179 e. The van der Waals surface area contributed by atoms with E-state index in [2.05, 4.69) is 21.0 Å². The lowest BCUT2D eigenvalue weighted by molar-refractivity contribution is 0.131. The van der Waals surface area contributed by atoms with Crippen molar-refractivity contribution in [3.05, 3.63) is 66.6 Å². The van der Waals surface area contributed by atoms with Crippen molar-refractivity contribution in [3.8, 4) is 0 Å². The van der Waals surface area contributed by atoms with E-state index < -0.39 is 9.84 Å². The highest BCUT2D eigenvalue weighted by molar-refractivity contribution is 7.91. The standard InChI is InChI=1S/C20H24N4O2S/c25-27(26,19-6-2-1-3-7-19)15-14-22-10-12-23(13-11-22)16-18-17-24-9-5-4-8-20(24)21-18/h1-9,17H,10-16H2. The highest BCUT2D eigenvalue weighted by atomic mass is 32.2. The Labute approximate surface area is 160 Å². The van der Waals surface area contributed by atoms with Gasteiger partial charge in [0.25, 0.3) is 0 Å². The Bertz CT molecular complexity index is 960. The third-order valence-corrected chi connectivity index (χ3v) is 6.75. The summed E-state index contributed by atoms with van der Waals surface area (Å²) in [5.41, 5.74) is 2.04. The van der Waals surface area contributed by atoms with Crippen LogP contribution in [0.5, 0.6) is 0 Å². The quantitative estimate of drug-likeness (QED) is 0.650. The first-order chi connectivity index (χ1) is 13.1. The minimum Gasteiger partial charge on any atom is -0.307 e. The Kier molecular flexibility index (Phi) is 5.24. The van der Waals surface area contributed by atoms with Gasteiger partial charge in [-0.25, -0.2) is 13.4 Å². The van der Waals surface area contributed by atoms with Gasteiger partial charge in [0.1, 0.15) is 5.65 Å². The molecular weight excluding hydrogens is 360 g/mol. The average molecular weight is 385 g/mol. The van der Waals surface area contributed by atoms with Crippen LogP contribution in [0.4, 0.5) is 0 Å². The number of fused-ring (bicyclic) bond motifs is 1. The Hall–Kier alpha value is -2.22. The molecule has 0 aliphatic carbocycles. The van der Waals surface area contributed by atoms with Gasteiger partial charge in [0.05, 0.1) is 16.3 Å². The number of aromatic nitrogens is 2. The van der Waals surface area contributed by atoms with Crippen LogP contribution in [0.3, 0.4) is 0 Å². The zero-order valence-corrected chi connectivity index (χ0v) is 16.1. The molecule has 0 saturated carbocycles. The second kappa shape index (κ2) is 7.80. The molecule has 0 N–H and O–H groups in total. The smallest absolute Gasteiger partial charge is 0.179 e. The first kappa shape index (κ1) is 18.2. The van der Waals surface area contributed by atoms with E-state index in [0.29, 0.717) is 11.4 Å². The fourth-order valence-electron chi connectivity index (χ4n) is 3.46. The SMILES string of the molecule is O=S(=O)(CCN1CCN(Cc2cn3ccccc3n2)CC1)c1ccccc1. The number of hydrogen-bond donors (Lipinski definition) is 0. The molecule has 3 aromatic rings. The number of sulfone groups is 1. The van der Waals surface area contributed by atoms with Gasteiger partial charge in [0.2, 0.25) is 0 Å². The highest BCUT2D eigenvalue weighted by Gasteiger charge is 2.21. The summed E-state index contributed by atoms with van der Waals surface area (Å²) in [5.74, 6) is 0.170. The van der Waals surface area contributed by atoms with Crippen LogP contribution >= 0.6 is 0 Å². The van der Waals surface area contributed by atoms with Gasteiger partial charge in [-0.05, 0) is 24.3 Å². The average Bonchev–Trinajstić information content (AvgIpc) is 3.10. The molecule has 0 amide bonds. The molecule has 2 aromatic heterocycles. The molecule has 3 heterocycles. The molecule has 1 aliphatic rings. The molecule has 0 spiro atoms. The maximum atomic E-state index is 12.4. The van der Waals surface area contributed by atoms with Crippen molar-refractivity contribution in [2.45, 2.75) is 11.4 Å². The number of piperazine rings is 1. The van der Waals surface area contributed by atoms with Crippen molar-refractivity contribution >= 4 is 15.5 Å². The van der Waals surface area contributed by atoms with Crippen molar-refractivity contribution in [3.63, 3.8) is 0 Å². The van der Waals surface area contributed by atoms with Crippen molar-refractivity contribution in [1.29, 1.82) is 0 Å². The van der Waals surface area contributed by atoms with E-state index in [1.807, 2.05) is 34.9 Å². The molecule has 0 unspecified atom stereocenters. The zero-order valence-electron chi connectivity index (χ0n) is 15.2. The number of nitrogens with zero attached hydrogens (tertiary/aromatic N) is 4. The molecule has 7 heteroatoms. The molecule has 0 bridgehead atoms. The summed E-state index contributed by atoms with van der Waals surface area (Å²) >= 11 is 0. The van der Waals surface area contributed by atoms with Crippen molar-refractivity contribution in [2.75, 3.05) is 38.5 Å². The van der Waals surface area contributed by atoms with Crippen LogP contribution in [0.25, 0.3) is 5.65 Å². The lowest BCUT2D eigenvalue weighted by Crippen LogP contribution is -2.47. The monoisotopic (exact) mass is 384 g/mol. The minimum atomic E-state index is -3.20. The number of hydrogen-bond acceptors (Lipinski definition) is 5. The number of imidazole rings is 1. The van der Waals surface area contributed by atoms with E-state index in [0.717, 1.165) is 44.1 Å². The molecule has 0 atom stereocenters. The first-order valence-corrected chi connectivity index (χ1v) is 10.9. The molecule has 142 valence electrons. The summed E-state index contributed by atoms with van der Waals surface area (Å²) in [6, 6.07) is 14.7. The lowest BCUT2D eigenvalue weighted by atomic mass is 10.3. The van der Waals surface area contributed by atoms with Gasteiger partial charge >= 0.3 is 0 Å². The minimum absolute atomic E-state index is 0.170. The second-order valence-electron chi connectivity index (χ2n) is 6.95. The number of benzene rings is 1. The summed E-state index contributed by atoms with van der Waals surface area (Å²) in [5, 5.41) is 0. The van der Waals surface area contributed by atoms with Crippen LogP contribution < -0.4 is 0 Å². The van der Waals surface area contributed by atoms with E-state index in [1.54, 1.807) is 24.3 Å². The van der Waals surface area contributed by atoms with Crippen molar-refractivity contribution in [2.24, 2.45) is 0 Å². The largest absolute Gasteiger partial charge is 0.307 e. The third kappa shape index (κ3) is 4.37. The van der Waals surface area contributed by atoms with Gasteiger partial charge in [-0.15, -0.1) is 0 Å². The van der Waals surface area contributed by atoms with E-state index in [-0.39, 0.29) is 5.75 Å². The molecule has 0 radical (unpaired) electrons. The van der Waals surface area contributed by atoms with Crippen LogP contribution in [-0.2, 0) is 16.4 Å². The Balaban J connectivity index is 1.27.